The van der Waals surface area contributed by atoms with Gasteiger partial charge in [0.2, 0.25) is 0 Å². The lowest BCUT2D eigenvalue weighted by atomic mass is 9.92. The van der Waals surface area contributed by atoms with Gasteiger partial charge in [-0.3, -0.25) is 9.59 Å². The molecule has 5 rings (SSSR count). The van der Waals surface area contributed by atoms with Crippen LogP contribution >= 0.6 is 0 Å². The second-order valence-corrected chi connectivity index (χ2v) is 8.52. The molecule has 1 N–H and O–H groups in total. The quantitative estimate of drug-likeness (QED) is 0.347. The smallest absolute Gasteiger partial charge is 0.295 e. The Morgan fingerprint density at radius 1 is 1.09 bits per heavy atom. The van der Waals surface area contributed by atoms with Crippen molar-refractivity contribution in [1.29, 1.82) is 0 Å². The molecule has 2 aliphatic rings. The number of hydrogen-bond acceptors (Lipinski definition) is 5. The SMILES string of the molecule is COc1ccccc1CN1C(=O)C(=O)/C(=C(/O)c2ccc3c(c2)CCO3)C1c1ccccc1C. The predicted octanol–water partition coefficient (Wildman–Crippen LogP) is 4.56. The van der Waals surface area contributed by atoms with Crippen molar-refractivity contribution in [3.05, 3.63) is 100 Å². The molecule has 1 amide bonds. The van der Waals surface area contributed by atoms with Crippen molar-refractivity contribution in [1.82, 2.24) is 4.90 Å². The summed E-state index contributed by atoms with van der Waals surface area (Å²) in [5.74, 6) is -0.110. The van der Waals surface area contributed by atoms with Gasteiger partial charge in [-0.15, -0.1) is 0 Å². The van der Waals surface area contributed by atoms with Gasteiger partial charge in [0, 0.05) is 17.5 Å². The van der Waals surface area contributed by atoms with Crippen LogP contribution in [0.1, 0.15) is 33.9 Å². The zero-order valence-corrected chi connectivity index (χ0v) is 19.1. The Bertz CT molecular complexity index is 1330. The van der Waals surface area contributed by atoms with E-state index in [1.807, 2.05) is 61.5 Å². The normalized spacial score (nSPS) is 18.6. The van der Waals surface area contributed by atoms with Gasteiger partial charge in [0.05, 0.1) is 31.9 Å². The van der Waals surface area contributed by atoms with Crippen molar-refractivity contribution in [2.75, 3.05) is 13.7 Å². The van der Waals surface area contributed by atoms with Crippen LogP contribution < -0.4 is 9.47 Å². The molecule has 0 aliphatic carbocycles. The Hall–Kier alpha value is -4.06. The Labute approximate surface area is 198 Å². The Morgan fingerprint density at radius 2 is 1.85 bits per heavy atom. The van der Waals surface area contributed by atoms with Crippen LogP contribution in [0.2, 0.25) is 0 Å². The number of aryl methyl sites for hydroxylation is 1. The van der Waals surface area contributed by atoms with E-state index in [1.165, 1.54) is 4.90 Å². The molecule has 0 aromatic heterocycles. The molecule has 2 heterocycles. The van der Waals surface area contributed by atoms with Crippen LogP contribution in [0.3, 0.4) is 0 Å². The number of carbonyl (C=O) groups is 2. The summed E-state index contributed by atoms with van der Waals surface area (Å²) in [5.41, 5.74) is 4.06. The number of para-hydroxylation sites is 1. The molecular formula is C28H25NO5. The van der Waals surface area contributed by atoms with E-state index in [0.717, 1.165) is 34.4 Å². The first kappa shape index (κ1) is 21.8. The Morgan fingerprint density at radius 3 is 2.65 bits per heavy atom. The molecule has 2 aliphatic heterocycles. The van der Waals surface area contributed by atoms with Crippen LogP contribution in [-0.4, -0.2) is 35.4 Å². The summed E-state index contributed by atoms with van der Waals surface area (Å²) in [5, 5.41) is 11.4. The van der Waals surface area contributed by atoms with Crippen LogP contribution in [0.25, 0.3) is 5.76 Å². The van der Waals surface area contributed by atoms with E-state index in [9.17, 15) is 14.7 Å². The summed E-state index contributed by atoms with van der Waals surface area (Å²) in [7, 11) is 1.57. The number of methoxy groups -OCH3 is 1. The molecule has 1 saturated heterocycles. The Kier molecular flexibility index (Phi) is 5.57. The number of benzene rings is 3. The molecule has 6 nitrogen and oxygen atoms in total. The molecule has 1 unspecified atom stereocenters. The molecule has 3 aromatic carbocycles. The molecule has 0 bridgehead atoms. The van der Waals surface area contributed by atoms with Gasteiger partial charge in [-0.25, -0.2) is 0 Å². The van der Waals surface area contributed by atoms with E-state index in [1.54, 1.807) is 19.2 Å². The van der Waals surface area contributed by atoms with Gasteiger partial charge in [0.25, 0.3) is 11.7 Å². The molecule has 6 heteroatoms. The molecular weight excluding hydrogens is 430 g/mol. The maximum Gasteiger partial charge on any atom is 0.295 e. The van der Waals surface area contributed by atoms with Gasteiger partial charge in [-0.2, -0.15) is 0 Å². The third kappa shape index (κ3) is 3.61. The number of rotatable bonds is 5. The van der Waals surface area contributed by atoms with Crippen LogP contribution in [-0.2, 0) is 22.6 Å². The van der Waals surface area contributed by atoms with Crippen molar-refractivity contribution < 1.29 is 24.2 Å². The monoisotopic (exact) mass is 455 g/mol. The number of ketones is 1. The number of hydrogen-bond donors (Lipinski definition) is 1. The number of nitrogens with zero attached hydrogens (tertiary/aromatic N) is 1. The lowest BCUT2D eigenvalue weighted by Crippen LogP contribution is -2.29. The van der Waals surface area contributed by atoms with E-state index in [4.69, 9.17) is 9.47 Å². The third-order valence-corrected chi connectivity index (χ3v) is 6.52. The topological polar surface area (TPSA) is 76.1 Å². The number of Topliss-reactive ketones (excluding diaryl/α,β-unsaturated/α-hetero) is 1. The third-order valence-electron chi connectivity index (χ3n) is 6.52. The highest BCUT2D eigenvalue weighted by Gasteiger charge is 2.46. The molecule has 1 fully saturated rings. The summed E-state index contributed by atoms with van der Waals surface area (Å²) in [4.78, 5) is 28.2. The number of ether oxygens (including phenoxy) is 2. The second kappa shape index (κ2) is 8.71. The molecule has 0 saturated carbocycles. The van der Waals surface area contributed by atoms with Gasteiger partial charge >= 0.3 is 0 Å². The zero-order chi connectivity index (χ0) is 23.8. The van der Waals surface area contributed by atoms with Crippen LogP contribution in [0.15, 0.2) is 72.3 Å². The number of likely N-dealkylation sites (tertiary alicyclic amines) is 1. The first-order chi connectivity index (χ1) is 16.5. The fraction of sp³-hybridized carbons (Fsp3) is 0.214. The maximum atomic E-state index is 13.3. The standard InChI is InChI=1S/C28H25NO5/c1-17-7-3-5-9-21(17)25-24(26(30)19-11-12-23-18(15-19)13-14-34-23)27(31)28(32)29(25)16-20-8-4-6-10-22(20)33-2/h3-12,15,25,30H,13-14,16H2,1-2H3/b26-24+. The molecule has 1 atom stereocenters. The van der Waals surface area contributed by atoms with Crippen molar-refractivity contribution in [2.45, 2.75) is 25.9 Å². The van der Waals surface area contributed by atoms with Crippen molar-refractivity contribution in [3.8, 4) is 11.5 Å². The lowest BCUT2D eigenvalue weighted by Gasteiger charge is -2.27. The van der Waals surface area contributed by atoms with Crippen LogP contribution in [0.4, 0.5) is 0 Å². The van der Waals surface area contributed by atoms with Crippen molar-refractivity contribution in [3.63, 3.8) is 0 Å². The van der Waals surface area contributed by atoms with Crippen molar-refractivity contribution >= 4 is 17.4 Å². The first-order valence-corrected chi connectivity index (χ1v) is 11.2. The highest BCUT2D eigenvalue weighted by Crippen LogP contribution is 2.42. The van der Waals surface area contributed by atoms with Gasteiger partial charge in [0.1, 0.15) is 17.3 Å². The van der Waals surface area contributed by atoms with Gasteiger partial charge in [-0.05, 0) is 47.9 Å². The zero-order valence-electron chi connectivity index (χ0n) is 19.1. The largest absolute Gasteiger partial charge is 0.507 e. The fourth-order valence-electron chi connectivity index (χ4n) is 4.77. The number of aliphatic hydroxyl groups excluding tert-OH is 1. The van der Waals surface area contributed by atoms with Gasteiger partial charge in [-0.1, -0.05) is 42.5 Å². The number of fused-ring (bicyclic) bond motifs is 1. The fourth-order valence-corrected chi connectivity index (χ4v) is 4.77. The summed E-state index contributed by atoms with van der Waals surface area (Å²) >= 11 is 0. The van der Waals surface area contributed by atoms with Crippen molar-refractivity contribution in [2.24, 2.45) is 0 Å². The minimum atomic E-state index is -0.726. The lowest BCUT2D eigenvalue weighted by molar-refractivity contribution is -0.140. The van der Waals surface area contributed by atoms with E-state index < -0.39 is 17.7 Å². The van der Waals surface area contributed by atoms with Crippen LogP contribution in [0.5, 0.6) is 11.5 Å². The first-order valence-electron chi connectivity index (χ1n) is 11.2. The van der Waals surface area contributed by atoms with E-state index in [0.29, 0.717) is 17.9 Å². The summed E-state index contributed by atoms with van der Waals surface area (Å²) < 4.78 is 11.0. The van der Waals surface area contributed by atoms with Crippen LogP contribution in [0, 0.1) is 6.92 Å². The Balaban J connectivity index is 1.66. The second-order valence-electron chi connectivity index (χ2n) is 8.52. The number of aliphatic hydroxyl groups is 1. The number of amides is 1. The molecule has 0 spiro atoms. The van der Waals surface area contributed by atoms with E-state index in [2.05, 4.69) is 0 Å². The summed E-state index contributed by atoms with van der Waals surface area (Å²) in [6, 6.07) is 19.6. The van der Waals surface area contributed by atoms with Gasteiger partial charge in [0.15, 0.2) is 0 Å². The van der Waals surface area contributed by atoms with E-state index in [-0.39, 0.29) is 17.9 Å². The number of carbonyl (C=O) groups excluding carboxylic acids is 2. The van der Waals surface area contributed by atoms with Gasteiger partial charge < -0.3 is 19.5 Å². The maximum absolute atomic E-state index is 13.3. The average Bonchev–Trinajstić information content (AvgIpc) is 3.42. The summed E-state index contributed by atoms with van der Waals surface area (Å²) in [6.45, 7) is 2.69. The molecule has 3 aromatic rings. The average molecular weight is 456 g/mol. The molecule has 0 radical (unpaired) electrons. The minimum Gasteiger partial charge on any atom is -0.507 e. The molecule has 34 heavy (non-hydrogen) atoms. The molecule has 172 valence electrons. The highest BCUT2D eigenvalue weighted by atomic mass is 16.5. The van der Waals surface area contributed by atoms with E-state index >= 15 is 0 Å². The predicted molar refractivity (Wildman–Crippen MR) is 128 cm³/mol. The summed E-state index contributed by atoms with van der Waals surface area (Å²) in [6.07, 6.45) is 0.736. The minimum absolute atomic E-state index is 0.0908. The highest BCUT2D eigenvalue weighted by molar-refractivity contribution is 6.46.